The number of aromatic nitrogens is 4. The Morgan fingerprint density at radius 3 is 2.70 bits per heavy atom. The molecule has 0 radical (unpaired) electrons. The molecule has 2 heterocycles. The molecule has 0 aliphatic carbocycles. The van der Waals surface area contributed by atoms with Gasteiger partial charge in [0.2, 0.25) is 5.88 Å². The third-order valence-electron chi connectivity index (χ3n) is 2.57. The molecule has 6 nitrogen and oxygen atoms in total. The van der Waals surface area contributed by atoms with Gasteiger partial charge in [0, 0.05) is 19.4 Å². The average Bonchev–Trinajstić information content (AvgIpc) is 2.46. The highest BCUT2D eigenvalue weighted by molar-refractivity contribution is 5.36. The van der Waals surface area contributed by atoms with Crippen molar-refractivity contribution in [2.75, 3.05) is 18.6 Å². The van der Waals surface area contributed by atoms with Gasteiger partial charge in [-0.25, -0.2) is 0 Å². The van der Waals surface area contributed by atoms with Crippen LogP contribution < -0.4 is 9.64 Å². The van der Waals surface area contributed by atoms with Gasteiger partial charge < -0.3 is 9.64 Å². The molecular formula is C14H19N5O. The monoisotopic (exact) mass is 273 g/mol. The van der Waals surface area contributed by atoms with Gasteiger partial charge in [-0.1, -0.05) is 13.8 Å². The first-order valence-electron chi connectivity index (χ1n) is 6.56. The van der Waals surface area contributed by atoms with Gasteiger partial charge in [0.05, 0.1) is 37.4 Å². The van der Waals surface area contributed by atoms with Gasteiger partial charge in [-0.3, -0.25) is 15.0 Å². The quantitative estimate of drug-likeness (QED) is 0.801. The Hall–Kier alpha value is -2.24. The van der Waals surface area contributed by atoms with Crippen LogP contribution in [0.15, 0.2) is 31.0 Å². The van der Waals surface area contributed by atoms with Crippen molar-refractivity contribution in [1.82, 2.24) is 19.9 Å². The summed E-state index contributed by atoms with van der Waals surface area (Å²) in [6.07, 6.45) is 8.41. The topological polar surface area (TPSA) is 64.0 Å². The van der Waals surface area contributed by atoms with E-state index >= 15 is 0 Å². The molecule has 0 aliphatic heterocycles. The van der Waals surface area contributed by atoms with Gasteiger partial charge in [0.1, 0.15) is 0 Å². The van der Waals surface area contributed by atoms with E-state index in [0.717, 1.165) is 11.5 Å². The van der Waals surface area contributed by atoms with Gasteiger partial charge in [-0.05, 0) is 5.92 Å². The lowest BCUT2D eigenvalue weighted by atomic mass is 10.2. The van der Waals surface area contributed by atoms with Crippen molar-refractivity contribution in [3.63, 3.8) is 0 Å². The van der Waals surface area contributed by atoms with E-state index in [9.17, 15) is 0 Å². The summed E-state index contributed by atoms with van der Waals surface area (Å²) in [5.74, 6) is 1.75. The second-order valence-corrected chi connectivity index (χ2v) is 4.97. The minimum atomic E-state index is 0.456. The third-order valence-corrected chi connectivity index (χ3v) is 2.57. The maximum absolute atomic E-state index is 5.58. The summed E-state index contributed by atoms with van der Waals surface area (Å²) in [6, 6.07) is 0. The molecular weight excluding hydrogens is 254 g/mol. The molecule has 0 amide bonds. The predicted molar refractivity (Wildman–Crippen MR) is 76.5 cm³/mol. The smallest absolute Gasteiger partial charge is 0.234 e. The van der Waals surface area contributed by atoms with Crippen LogP contribution in [0.4, 0.5) is 5.82 Å². The SMILES string of the molecule is CC(C)COc1cncc(N(C)Cc2cnccn2)n1. The summed E-state index contributed by atoms with van der Waals surface area (Å²) in [7, 11) is 1.94. The highest BCUT2D eigenvalue weighted by Gasteiger charge is 2.07. The lowest BCUT2D eigenvalue weighted by Crippen LogP contribution is -2.19. The van der Waals surface area contributed by atoms with Crippen LogP contribution >= 0.6 is 0 Å². The van der Waals surface area contributed by atoms with Gasteiger partial charge in [0.15, 0.2) is 5.82 Å². The van der Waals surface area contributed by atoms with E-state index in [-0.39, 0.29) is 0 Å². The second-order valence-electron chi connectivity index (χ2n) is 4.97. The Balaban J connectivity index is 2.02. The minimum absolute atomic E-state index is 0.456. The first-order valence-corrected chi connectivity index (χ1v) is 6.56. The highest BCUT2D eigenvalue weighted by atomic mass is 16.5. The fourth-order valence-corrected chi connectivity index (χ4v) is 1.58. The van der Waals surface area contributed by atoms with E-state index in [1.165, 1.54) is 0 Å². The van der Waals surface area contributed by atoms with Crippen molar-refractivity contribution in [2.45, 2.75) is 20.4 Å². The van der Waals surface area contributed by atoms with E-state index in [1.54, 1.807) is 31.0 Å². The largest absolute Gasteiger partial charge is 0.476 e. The zero-order chi connectivity index (χ0) is 14.4. The van der Waals surface area contributed by atoms with Crippen molar-refractivity contribution in [3.8, 4) is 5.88 Å². The summed E-state index contributed by atoms with van der Waals surface area (Å²) in [6.45, 7) is 5.44. The molecule has 106 valence electrons. The number of nitrogens with zero attached hydrogens (tertiary/aromatic N) is 5. The molecule has 2 aromatic rings. The van der Waals surface area contributed by atoms with Crippen molar-refractivity contribution in [3.05, 3.63) is 36.7 Å². The van der Waals surface area contributed by atoms with Crippen LogP contribution in [0.25, 0.3) is 0 Å². The molecule has 0 atom stereocenters. The normalized spacial score (nSPS) is 10.6. The van der Waals surface area contributed by atoms with Gasteiger partial charge in [-0.15, -0.1) is 0 Å². The van der Waals surface area contributed by atoms with Crippen LogP contribution in [-0.4, -0.2) is 33.6 Å². The Bertz CT molecular complexity index is 532. The van der Waals surface area contributed by atoms with Gasteiger partial charge in [-0.2, -0.15) is 4.98 Å². The number of ether oxygens (including phenoxy) is 1. The number of rotatable bonds is 6. The van der Waals surface area contributed by atoms with Crippen LogP contribution in [0, 0.1) is 5.92 Å². The standard InChI is InChI=1S/C14H19N5O/c1-11(2)10-20-14-8-16-7-13(18-14)19(3)9-12-6-15-4-5-17-12/h4-8,11H,9-10H2,1-3H3. The molecule has 20 heavy (non-hydrogen) atoms. The first kappa shape index (κ1) is 14.2. The Morgan fingerprint density at radius 1 is 1.15 bits per heavy atom. The molecule has 6 heteroatoms. The summed E-state index contributed by atoms with van der Waals surface area (Å²) < 4.78 is 5.58. The number of hydrogen-bond donors (Lipinski definition) is 0. The summed E-state index contributed by atoms with van der Waals surface area (Å²) in [5.41, 5.74) is 0.880. The van der Waals surface area contributed by atoms with Crippen molar-refractivity contribution in [2.24, 2.45) is 5.92 Å². The van der Waals surface area contributed by atoms with Crippen molar-refractivity contribution >= 4 is 5.82 Å². The maximum atomic E-state index is 5.58. The van der Waals surface area contributed by atoms with Crippen LogP contribution in [-0.2, 0) is 6.54 Å². The predicted octanol–water partition coefficient (Wildman–Crippen LogP) is 1.94. The zero-order valence-electron chi connectivity index (χ0n) is 12.0. The molecule has 0 unspecified atom stereocenters. The molecule has 0 fully saturated rings. The molecule has 0 saturated carbocycles. The van der Waals surface area contributed by atoms with Gasteiger partial charge in [0.25, 0.3) is 0 Å². The van der Waals surface area contributed by atoms with E-state index < -0.39 is 0 Å². The highest BCUT2D eigenvalue weighted by Crippen LogP contribution is 2.14. The Morgan fingerprint density at radius 2 is 2.00 bits per heavy atom. The van der Waals surface area contributed by atoms with Crippen LogP contribution in [0.1, 0.15) is 19.5 Å². The molecule has 0 saturated heterocycles. The van der Waals surface area contributed by atoms with E-state index in [0.29, 0.717) is 24.9 Å². The summed E-state index contributed by atoms with van der Waals surface area (Å²) >= 11 is 0. The number of anilines is 1. The molecule has 2 aromatic heterocycles. The zero-order valence-corrected chi connectivity index (χ0v) is 12.0. The van der Waals surface area contributed by atoms with Crippen molar-refractivity contribution in [1.29, 1.82) is 0 Å². The molecule has 0 aromatic carbocycles. The Kier molecular flexibility index (Phi) is 4.81. The van der Waals surface area contributed by atoms with E-state index in [2.05, 4.69) is 33.8 Å². The van der Waals surface area contributed by atoms with Crippen LogP contribution in [0.3, 0.4) is 0 Å². The molecule has 0 spiro atoms. The fraction of sp³-hybridized carbons (Fsp3) is 0.429. The first-order chi connectivity index (χ1) is 9.65. The van der Waals surface area contributed by atoms with Crippen LogP contribution in [0.5, 0.6) is 5.88 Å². The van der Waals surface area contributed by atoms with Gasteiger partial charge >= 0.3 is 0 Å². The van der Waals surface area contributed by atoms with Crippen molar-refractivity contribution < 1.29 is 4.74 Å². The summed E-state index contributed by atoms with van der Waals surface area (Å²) in [4.78, 5) is 18.8. The third kappa shape index (κ3) is 4.15. The molecule has 2 rings (SSSR count). The van der Waals surface area contributed by atoms with E-state index in [1.807, 2.05) is 11.9 Å². The lowest BCUT2D eigenvalue weighted by molar-refractivity contribution is 0.260. The van der Waals surface area contributed by atoms with E-state index in [4.69, 9.17) is 4.74 Å². The molecule has 0 aliphatic rings. The minimum Gasteiger partial charge on any atom is -0.476 e. The maximum Gasteiger partial charge on any atom is 0.234 e. The lowest BCUT2D eigenvalue weighted by Gasteiger charge is -2.17. The molecule has 0 N–H and O–H groups in total. The average molecular weight is 273 g/mol. The summed E-state index contributed by atoms with van der Waals surface area (Å²) in [5, 5.41) is 0. The Labute approximate surface area is 118 Å². The second kappa shape index (κ2) is 6.79. The van der Waals surface area contributed by atoms with Crippen LogP contribution in [0.2, 0.25) is 0 Å². The fourth-order valence-electron chi connectivity index (χ4n) is 1.58. The molecule has 0 bridgehead atoms. The number of hydrogen-bond acceptors (Lipinski definition) is 6.